The van der Waals surface area contributed by atoms with Gasteiger partial charge in [0.1, 0.15) is 5.69 Å². The Morgan fingerprint density at radius 2 is 2.04 bits per heavy atom. The van der Waals surface area contributed by atoms with Gasteiger partial charge in [-0.1, -0.05) is 28.1 Å². The van der Waals surface area contributed by atoms with Crippen LogP contribution in [0.5, 0.6) is 0 Å². The Hall–Kier alpha value is -2.41. The summed E-state index contributed by atoms with van der Waals surface area (Å²) in [6.45, 7) is 1.39. The van der Waals surface area contributed by atoms with Crippen molar-refractivity contribution >= 4 is 21.8 Å². The summed E-state index contributed by atoms with van der Waals surface area (Å²) in [6, 6.07) is 9.96. The number of hydrogen-bond acceptors (Lipinski definition) is 3. The highest BCUT2D eigenvalue weighted by Gasteiger charge is 2.32. The molecule has 1 aromatic carbocycles. The van der Waals surface area contributed by atoms with Crippen molar-refractivity contribution in [1.82, 2.24) is 24.6 Å². The number of halogens is 1. The summed E-state index contributed by atoms with van der Waals surface area (Å²) in [4.78, 5) is 18.3. The molecule has 0 saturated carbocycles. The van der Waals surface area contributed by atoms with Crippen molar-refractivity contribution in [2.45, 2.75) is 6.04 Å². The van der Waals surface area contributed by atoms with E-state index in [9.17, 15) is 4.79 Å². The van der Waals surface area contributed by atoms with E-state index < -0.39 is 0 Å². The van der Waals surface area contributed by atoms with Crippen LogP contribution in [0.4, 0.5) is 0 Å². The van der Waals surface area contributed by atoms with Crippen LogP contribution in [0.25, 0.3) is 11.3 Å². The maximum absolute atomic E-state index is 12.5. The van der Waals surface area contributed by atoms with Crippen LogP contribution in [0.15, 0.2) is 53.5 Å². The second-order valence-corrected chi connectivity index (χ2v) is 6.46. The number of amides is 1. The SMILES string of the molecule is O=C(c1cc(-c2ccc(Br)cc2)n[nH]1)N1CC(n2ccnc2)C1. The minimum absolute atomic E-state index is 0.0165. The molecule has 1 aliphatic heterocycles. The molecule has 3 heterocycles. The standard InChI is InChI=1S/C16H14BrN5O/c17-12-3-1-11(2-4-12)14-7-15(20-19-14)16(23)22-8-13(9-22)21-6-5-18-10-21/h1-7,10,13H,8-9H2,(H,19,20). The van der Waals surface area contributed by atoms with E-state index in [0.29, 0.717) is 24.8 Å². The Labute approximate surface area is 141 Å². The van der Waals surface area contributed by atoms with Gasteiger partial charge in [0.25, 0.3) is 5.91 Å². The number of aromatic nitrogens is 4. The van der Waals surface area contributed by atoms with Crippen molar-refractivity contribution in [2.75, 3.05) is 13.1 Å². The van der Waals surface area contributed by atoms with Crippen molar-refractivity contribution in [2.24, 2.45) is 0 Å². The molecule has 1 amide bonds. The number of carbonyl (C=O) groups is 1. The largest absolute Gasteiger partial charge is 0.333 e. The number of nitrogens with zero attached hydrogens (tertiary/aromatic N) is 4. The fourth-order valence-corrected chi connectivity index (χ4v) is 2.93. The molecule has 116 valence electrons. The topological polar surface area (TPSA) is 66.8 Å². The molecular weight excluding hydrogens is 358 g/mol. The number of rotatable bonds is 3. The average molecular weight is 372 g/mol. The first kappa shape index (κ1) is 14.2. The highest BCUT2D eigenvalue weighted by atomic mass is 79.9. The second kappa shape index (κ2) is 5.66. The van der Waals surface area contributed by atoms with Crippen LogP contribution in [0, 0.1) is 0 Å². The Balaban J connectivity index is 1.45. The number of aromatic amines is 1. The lowest BCUT2D eigenvalue weighted by molar-refractivity contribution is 0.0514. The number of benzene rings is 1. The molecule has 7 heteroatoms. The molecule has 0 atom stereocenters. The summed E-state index contributed by atoms with van der Waals surface area (Å²) in [5.74, 6) is -0.0165. The molecule has 0 bridgehead atoms. The number of H-pyrrole nitrogens is 1. The highest BCUT2D eigenvalue weighted by molar-refractivity contribution is 9.10. The molecule has 2 aromatic heterocycles. The van der Waals surface area contributed by atoms with Crippen molar-refractivity contribution in [1.29, 1.82) is 0 Å². The molecule has 0 aliphatic carbocycles. The number of likely N-dealkylation sites (tertiary alicyclic amines) is 1. The lowest BCUT2D eigenvalue weighted by Gasteiger charge is -2.39. The zero-order valence-corrected chi connectivity index (χ0v) is 13.8. The molecule has 1 aliphatic rings. The number of imidazole rings is 1. The van der Waals surface area contributed by atoms with Gasteiger partial charge < -0.3 is 9.47 Å². The summed E-state index contributed by atoms with van der Waals surface area (Å²) in [5, 5.41) is 7.09. The van der Waals surface area contributed by atoms with E-state index in [1.165, 1.54) is 0 Å². The summed E-state index contributed by atoms with van der Waals surface area (Å²) >= 11 is 3.41. The lowest BCUT2D eigenvalue weighted by atomic mass is 10.1. The molecule has 4 rings (SSSR count). The number of hydrogen-bond donors (Lipinski definition) is 1. The van der Waals surface area contributed by atoms with E-state index in [1.807, 2.05) is 39.9 Å². The van der Waals surface area contributed by atoms with E-state index in [0.717, 1.165) is 15.7 Å². The van der Waals surface area contributed by atoms with Crippen molar-refractivity contribution in [3.63, 3.8) is 0 Å². The molecule has 3 aromatic rings. The lowest BCUT2D eigenvalue weighted by Crippen LogP contribution is -2.50. The third-order valence-corrected chi connectivity index (χ3v) is 4.57. The first-order valence-corrected chi connectivity index (χ1v) is 8.08. The van der Waals surface area contributed by atoms with Gasteiger partial charge in [-0.15, -0.1) is 0 Å². The summed E-state index contributed by atoms with van der Waals surface area (Å²) < 4.78 is 3.04. The Morgan fingerprint density at radius 1 is 1.26 bits per heavy atom. The highest BCUT2D eigenvalue weighted by Crippen LogP contribution is 2.24. The average Bonchev–Trinajstić information content (AvgIpc) is 3.18. The predicted octanol–water partition coefficient (Wildman–Crippen LogP) is 2.73. The summed E-state index contributed by atoms with van der Waals surface area (Å²) in [5.41, 5.74) is 2.27. The van der Waals surface area contributed by atoms with Gasteiger partial charge in [0.15, 0.2) is 0 Å². The maximum Gasteiger partial charge on any atom is 0.272 e. The summed E-state index contributed by atoms with van der Waals surface area (Å²) in [7, 11) is 0. The molecule has 6 nitrogen and oxygen atoms in total. The van der Waals surface area contributed by atoms with Gasteiger partial charge >= 0.3 is 0 Å². The van der Waals surface area contributed by atoms with E-state index >= 15 is 0 Å². The Kier molecular flexibility index (Phi) is 3.49. The molecular formula is C16H14BrN5O. The number of carbonyl (C=O) groups excluding carboxylic acids is 1. The van der Waals surface area contributed by atoms with Gasteiger partial charge in [0, 0.05) is 35.5 Å². The first-order valence-electron chi connectivity index (χ1n) is 7.29. The van der Waals surface area contributed by atoms with Gasteiger partial charge in [-0.05, 0) is 18.2 Å². The summed E-state index contributed by atoms with van der Waals surface area (Å²) in [6.07, 6.45) is 5.46. The van der Waals surface area contributed by atoms with Crippen molar-refractivity contribution in [3.05, 3.63) is 59.2 Å². The normalized spacial score (nSPS) is 14.7. The Bertz CT molecular complexity index is 819. The van der Waals surface area contributed by atoms with Crippen molar-refractivity contribution < 1.29 is 4.79 Å². The zero-order valence-electron chi connectivity index (χ0n) is 12.2. The van der Waals surface area contributed by atoms with Crippen LogP contribution in [0.3, 0.4) is 0 Å². The van der Waals surface area contributed by atoms with E-state index in [1.54, 1.807) is 18.6 Å². The minimum Gasteiger partial charge on any atom is -0.333 e. The molecule has 1 fully saturated rings. The molecule has 0 unspecified atom stereocenters. The molecule has 23 heavy (non-hydrogen) atoms. The van der Waals surface area contributed by atoms with Crippen LogP contribution in [0.1, 0.15) is 16.5 Å². The Morgan fingerprint density at radius 3 is 2.74 bits per heavy atom. The fraction of sp³-hybridized carbons (Fsp3) is 0.188. The zero-order chi connectivity index (χ0) is 15.8. The minimum atomic E-state index is -0.0165. The molecule has 0 spiro atoms. The van der Waals surface area contributed by atoms with Crippen LogP contribution in [-0.4, -0.2) is 43.6 Å². The van der Waals surface area contributed by atoms with Crippen LogP contribution in [-0.2, 0) is 0 Å². The fourth-order valence-electron chi connectivity index (χ4n) is 2.67. The quantitative estimate of drug-likeness (QED) is 0.769. The second-order valence-electron chi connectivity index (χ2n) is 5.55. The van der Waals surface area contributed by atoms with E-state index in [-0.39, 0.29) is 5.91 Å². The molecule has 1 N–H and O–H groups in total. The van der Waals surface area contributed by atoms with Gasteiger partial charge in [0.2, 0.25) is 0 Å². The van der Waals surface area contributed by atoms with Gasteiger partial charge in [-0.2, -0.15) is 5.10 Å². The third kappa shape index (κ3) is 2.68. The van der Waals surface area contributed by atoms with Gasteiger partial charge in [0.05, 0.1) is 18.1 Å². The van der Waals surface area contributed by atoms with E-state index in [4.69, 9.17) is 0 Å². The predicted molar refractivity (Wildman–Crippen MR) is 88.9 cm³/mol. The monoisotopic (exact) mass is 371 g/mol. The van der Waals surface area contributed by atoms with Crippen LogP contribution < -0.4 is 0 Å². The van der Waals surface area contributed by atoms with Crippen LogP contribution in [0.2, 0.25) is 0 Å². The van der Waals surface area contributed by atoms with Gasteiger partial charge in [-0.3, -0.25) is 9.89 Å². The molecule has 0 radical (unpaired) electrons. The first-order chi connectivity index (χ1) is 11.2. The van der Waals surface area contributed by atoms with Gasteiger partial charge in [-0.25, -0.2) is 4.98 Å². The molecule has 1 saturated heterocycles. The third-order valence-electron chi connectivity index (χ3n) is 4.04. The number of nitrogens with one attached hydrogen (secondary N) is 1. The van der Waals surface area contributed by atoms with E-state index in [2.05, 4.69) is 31.1 Å². The van der Waals surface area contributed by atoms with Crippen LogP contribution >= 0.6 is 15.9 Å². The van der Waals surface area contributed by atoms with Crippen molar-refractivity contribution in [3.8, 4) is 11.3 Å². The smallest absolute Gasteiger partial charge is 0.272 e. The maximum atomic E-state index is 12.5.